The molecular weight excluding hydrogens is 332 g/mol. The molecule has 1 amide bonds. The molecule has 2 aromatic rings. The molecule has 1 atom stereocenters. The molecule has 2 N–H and O–H groups in total. The van der Waals surface area contributed by atoms with Gasteiger partial charge in [0.2, 0.25) is 11.7 Å². The highest BCUT2D eigenvalue weighted by Crippen LogP contribution is 2.28. The molecule has 3 rings (SSSR count). The second-order valence-corrected chi connectivity index (χ2v) is 6.88. The molecule has 1 aromatic heterocycles. The number of carbonyl (C=O) groups excluding carboxylic acids is 1. The van der Waals surface area contributed by atoms with Crippen LogP contribution in [0.25, 0.3) is 11.4 Å². The minimum absolute atomic E-state index is 0.0135. The lowest BCUT2D eigenvalue weighted by Gasteiger charge is -2.37. The monoisotopic (exact) mass is 358 g/mol. The van der Waals surface area contributed by atoms with Crippen LogP contribution in [0.3, 0.4) is 0 Å². The number of nitrogens with zero attached hydrogens (tertiary/aromatic N) is 4. The molecule has 0 spiro atoms. The van der Waals surface area contributed by atoms with Crippen molar-refractivity contribution in [2.45, 2.75) is 25.8 Å². The lowest BCUT2D eigenvalue weighted by atomic mass is 9.79. The topological polar surface area (TPSA) is 94.0 Å². The number of rotatable bonds is 7. The molecule has 0 radical (unpaired) electrons. The molecule has 8 heteroatoms. The predicted molar refractivity (Wildman–Crippen MR) is 97.4 cm³/mol. The molecule has 0 bridgehead atoms. The van der Waals surface area contributed by atoms with Gasteiger partial charge in [-0.25, -0.2) is 0 Å². The van der Waals surface area contributed by atoms with Crippen molar-refractivity contribution >= 4 is 5.91 Å². The molecule has 8 nitrogen and oxygen atoms in total. The SMILES string of the molecule is COCC1(CNC(=O)C(C)n2nnc(-c3ccccc3)n2)CCNCC1. The van der Waals surface area contributed by atoms with Crippen LogP contribution in [0.15, 0.2) is 30.3 Å². The van der Waals surface area contributed by atoms with Crippen LogP contribution in [0, 0.1) is 5.41 Å². The van der Waals surface area contributed by atoms with Gasteiger partial charge in [-0.05, 0) is 38.1 Å². The quantitative estimate of drug-likeness (QED) is 0.768. The highest BCUT2D eigenvalue weighted by Gasteiger charge is 2.33. The number of nitrogens with one attached hydrogen (secondary N) is 2. The Hall–Kier alpha value is -2.32. The van der Waals surface area contributed by atoms with Crippen molar-refractivity contribution in [2.75, 3.05) is 33.4 Å². The third-order valence-electron chi connectivity index (χ3n) is 4.94. The van der Waals surface area contributed by atoms with E-state index in [1.165, 1.54) is 4.80 Å². The van der Waals surface area contributed by atoms with Crippen LogP contribution < -0.4 is 10.6 Å². The normalized spacial score (nSPS) is 17.6. The third-order valence-corrected chi connectivity index (χ3v) is 4.94. The minimum Gasteiger partial charge on any atom is -0.384 e. The van der Waals surface area contributed by atoms with E-state index in [0.717, 1.165) is 31.5 Å². The van der Waals surface area contributed by atoms with Crippen molar-refractivity contribution in [3.63, 3.8) is 0 Å². The fourth-order valence-corrected chi connectivity index (χ4v) is 3.25. The number of carbonyl (C=O) groups is 1. The Morgan fingerprint density at radius 2 is 2.08 bits per heavy atom. The van der Waals surface area contributed by atoms with E-state index in [2.05, 4.69) is 26.0 Å². The van der Waals surface area contributed by atoms with E-state index in [-0.39, 0.29) is 11.3 Å². The van der Waals surface area contributed by atoms with E-state index < -0.39 is 6.04 Å². The first-order valence-corrected chi connectivity index (χ1v) is 8.96. The van der Waals surface area contributed by atoms with E-state index in [4.69, 9.17) is 4.74 Å². The molecule has 1 saturated heterocycles. The number of methoxy groups -OCH3 is 1. The minimum atomic E-state index is -0.527. The first-order chi connectivity index (χ1) is 12.6. The van der Waals surface area contributed by atoms with Gasteiger partial charge in [-0.15, -0.1) is 10.2 Å². The summed E-state index contributed by atoms with van der Waals surface area (Å²) in [5.41, 5.74) is 0.862. The molecule has 0 saturated carbocycles. The van der Waals surface area contributed by atoms with Crippen LogP contribution in [0.1, 0.15) is 25.8 Å². The fourth-order valence-electron chi connectivity index (χ4n) is 3.25. The first-order valence-electron chi connectivity index (χ1n) is 8.96. The Bertz CT molecular complexity index is 706. The van der Waals surface area contributed by atoms with Crippen molar-refractivity contribution in [2.24, 2.45) is 5.41 Å². The average molecular weight is 358 g/mol. The molecule has 1 unspecified atom stereocenters. The van der Waals surface area contributed by atoms with Crippen LogP contribution in [0.2, 0.25) is 0 Å². The molecule has 140 valence electrons. The summed E-state index contributed by atoms with van der Waals surface area (Å²) in [7, 11) is 1.71. The van der Waals surface area contributed by atoms with Crippen molar-refractivity contribution in [3.05, 3.63) is 30.3 Å². The van der Waals surface area contributed by atoms with Gasteiger partial charge in [-0.1, -0.05) is 30.3 Å². The Kier molecular flexibility index (Phi) is 5.95. The van der Waals surface area contributed by atoms with Crippen LogP contribution in [-0.2, 0) is 9.53 Å². The van der Waals surface area contributed by atoms with Crippen LogP contribution in [0.4, 0.5) is 0 Å². The summed E-state index contributed by atoms with van der Waals surface area (Å²) < 4.78 is 5.40. The molecule has 1 aliphatic rings. The summed E-state index contributed by atoms with van der Waals surface area (Å²) >= 11 is 0. The van der Waals surface area contributed by atoms with Gasteiger partial charge in [0.1, 0.15) is 6.04 Å². The van der Waals surface area contributed by atoms with Crippen molar-refractivity contribution < 1.29 is 9.53 Å². The summed E-state index contributed by atoms with van der Waals surface area (Å²) in [6.07, 6.45) is 1.96. The number of amides is 1. The lowest BCUT2D eigenvalue weighted by Crippen LogP contribution is -2.48. The van der Waals surface area contributed by atoms with Crippen molar-refractivity contribution in [1.82, 2.24) is 30.8 Å². The standard InChI is InChI=1S/C18H26N6O2/c1-14(24-22-16(21-23-24)15-6-4-3-5-7-15)17(25)20-12-18(13-26-2)8-10-19-11-9-18/h3-7,14,19H,8-13H2,1-2H3,(H,20,25). The van der Waals surface area contributed by atoms with E-state index in [1.54, 1.807) is 14.0 Å². The first kappa shape index (κ1) is 18.5. The Morgan fingerprint density at radius 1 is 1.35 bits per heavy atom. The highest BCUT2D eigenvalue weighted by molar-refractivity contribution is 5.79. The molecule has 26 heavy (non-hydrogen) atoms. The molecule has 1 fully saturated rings. The number of piperidine rings is 1. The number of tetrazole rings is 1. The Morgan fingerprint density at radius 3 is 2.77 bits per heavy atom. The molecule has 1 aliphatic heterocycles. The lowest BCUT2D eigenvalue weighted by molar-refractivity contribution is -0.125. The van der Waals surface area contributed by atoms with Crippen LogP contribution in [0.5, 0.6) is 0 Å². The predicted octanol–water partition coefficient (Wildman–Crippen LogP) is 1.03. The van der Waals surface area contributed by atoms with Crippen LogP contribution in [-0.4, -0.2) is 59.5 Å². The smallest absolute Gasteiger partial charge is 0.246 e. The van der Waals surface area contributed by atoms with E-state index in [0.29, 0.717) is 19.0 Å². The average Bonchev–Trinajstić information content (AvgIpc) is 3.17. The van der Waals surface area contributed by atoms with Crippen LogP contribution >= 0.6 is 0 Å². The largest absolute Gasteiger partial charge is 0.384 e. The van der Waals surface area contributed by atoms with E-state index in [1.807, 2.05) is 30.3 Å². The molecular formula is C18H26N6O2. The Labute approximate surface area is 153 Å². The number of hydrogen-bond acceptors (Lipinski definition) is 6. The zero-order valence-electron chi connectivity index (χ0n) is 15.3. The maximum atomic E-state index is 12.6. The number of benzene rings is 1. The maximum absolute atomic E-state index is 12.6. The Balaban J connectivity index is 1.62. The van der Waals surface area contributed by atoms with E-state index >= 15 is 0 Å². The van der Waals surface area contributed by atoms with Gasteiger partial charge in [0.25, 0.3) is 0 Å². The van der Waals surface area contributed by atoms with Gasteiger partial charge in [0.05, 0.1) is 6.61 Å². The zero-order chi connectivity index (χ0) is 18.4. The van der Waals surface area contributed by atoms with E-state index in [9.17, 15) is 4.79 Å². The summed E-state index contributed by atoms with van der Waals surface area (Å²) in [5, 5.41) is 18.8. The van der Waals surface area contributed by atoms with Crippen molar-refractivity contribution in [1.29, 1.82) is 0 Å². The summed E-state index contributed by atoms with van der Waals surface area (Å²) in [5.74, 6) is 0.399. The van der Waals surface area contributed by atoms with Gasteiger partial charge >= 0.3 is 0 Å². The molecule has 1 aromatic carbocycles. The number of aromatic nitrogens is 4. The fraction of sp³-hybridized carbons (Fsp3) is 0.556. The third kappa shape index (κ3) is 4.25. The summed E-state index contributed by atoms with van der Waals surface area (Å²) in [6.45, 7) is 4.89. The molecule has 0 aliphatic carbocycles. The van der Waals surface area contributed by atoms with Gasteiger partial charge < -0.3 is 15.4 Å². The van der Waals surface area contributed by atoms with Gasteiger partial charge in [0.15, 0.2) is 0 Å². The van der Waals surface area contributed by atoms with Gasteiger partial charge in [-0.3, -0.25) is 4.79 Å². The van der Waals surface area contributed by atoms with Crippen molar-refractivity contribution in [3.8, 4) is 11.4 Å². The zero-order valence-corrected chi connectivity index (χ0v) is 15.3. The maximum Gasteiger partial charge on any atom is 0.246 e. The second-order valence-electron chi connectivity index (χ2n) is 6.88. The second kappa shape index (κ2) is 8.37. The summed E-state index contributed by atoms with van der Waals surface area (Å²) in [6, 6.07) is 9.07. The number of hydrogen-bond donors (Lipinski definition) is 2. The number of ether oxygens (including phenoxy) is 1. The highest BCUT2D eigenvalue weighted by atomic mass is 16.5. The van der Waals surface area contributed by atoms with Gasteiger partial charge in [0, 0.05) is 24.6 Å². The summed E-state index contributed by atoms with van der Waals surface area (Å²) in [4.78, 5) is 13.9. The van der Waals surface area contributed by atoms with Gasteiger partial charge in [-0.2, -0.15) is 4.80 Å². The molecule has 2 heterocycles.